The first kappa shape index (κ1) is 13.8. The van der Waals surface area contributed by atoms with E-state index < -0.39 is 10.0 Å². The maximum atomic E-state index is 12.6. The zero-order valence-electron chi connectivity index (χ0n) is 11.4. The van der Waals surface area contributed by atoms with Crippen LogP contribution in [0.25, 0.3) is 0 Å². The van der Waals surface area contributed by atoms with E-state index in [-0.39, 0.29) is 4.90 Å². The van der Waals surface area contributed by atoms with Crippen molar-refractivity contribution in [3.05, 3.63) is 65.2 Å². The third kappa shape index (κ3) is 2.56. The van der Waals surface area contributed by atoms with Crippen molar-refractivity contribution >= 4 is 10.0 Å². The zero-order valence-corrected chi connectivity index (χ0v) is 12.2. The molecule has 0 unspecified atom stereocenters. The highest BCUT2D eigenvalue weighted by Crippen LogP contribution is 2.24. The van der Waals surface area contributed by atoms with E-state index in [2.05, 4.69) is 0 Å². The molecule has 0 spiro atoms. The molecule has 0 bridgehead atoms. The molecule has 106 valence electrons. The van der Waals surface area contributed by atoms with Gasteiger partial charge in [0.05, 0.1) is 16.5 Å². The summed E-state index contributed by atoms with van der Waals surface area (Å²) in [5.41, 5.74) is 2.72. The summed E-state index contributed by atoms with van der Waals surface area (Å²) >= 11 is 0. The van der Waals surface area contributed by atoms with Gasteiger partial charge in [0.15, 0.2) is 0 Å². The smallest absolute Gasteiger partial charge is 0.207 e. The second kappa shape index (κ2) is 5.32. The van der Waals surface area contributed by atoms with Crippen LogP contribution in [0.15, 0.2) is 53.4 Å². The Morgan fingerprint density at radius 1 is 1.00 bits per heavy atom. The van der Waals surface area contributed by atoms with Crippen molar-refractivity contribution in [2.75, 3.05) is 6.54 Å². The van der Waals surface area contributed by atoms with Crippen LogP contribution in [0.5, 0.6) is 0 Å². The topological polar surface area (TPSA) is 61.2 Å². The van der Waals surface area contributed by atoms with Gasteiger partial charge in [0.2, 0.25) is 10.0 Å². The molecule has 1 aliphatic rings. The Kier molecular flexibility index (Phi) is 3.50. The van der Waals surface area contributed by atoms with Gasteiger partial charge < -0.3 is 0 Å². The molecule has 0 amide bonds. The summed E-state index contributed by atoms with van der Waals surface area (Å²) in [7, 11) is -3.51. The highest BCUT2D eigenvalue weighted by atomic mass is 32.2. The summed E-state index contributed by atoms with van der Waals surface area (Å²) in [5, 5.41) is 8.78. The van der Waals surface area contributed by atoms with E-state index in [1.807, 2.05) is 30.3 Å². The zero-order chi connectivity index (χ0) is 14.9. The molecule has 0 radical (unpaired) electrons. The van der Waals surface area contributed by atoms with Crippen LogP contribution in [0.3, 0.4) is 0 Å². The normalized spacial score (nSPS) is 15.2. The summed E-state index contributed by atoms with van der Waals surface area (Å²) in [6.07, 6.45) is 0.728. The molecule has 21 heavy (non-hydrogen) atoms. The van der Waals surface area contributed by atoms with Crippen molar-refractivity contribution in [1.29, 1.82) is 5.26 Å². The summed E-state index contributed by atoms with van der Waals surface area (Å²) in [5.74, 6) is 0. The van der Waals surface area contributed by atoms with Gasteiger partial charge in [-0.25, -0.2) is 8.42 Å². The Balaban J connectivity index is 1.91. The van der Waals surface area contributed by atoms with E-state index in [0.29, 0.717) is 18.7 Å². The van der Waals surface area contributed by atoms with E-state index in [1.54, 1.807) is 0 Å². The summed E-state index contributed by atoms with van der Waals surface area (Å²) < 4.78 is 26.8. The Hall–Kier alpha value is -2.16. The molecule has 0 fully saturated rings. The number of fused-ring (bicyclic) bond motifs is 1. The molecular formula is C16H14N2O2S. The molecule has 2 aromatic carbocycles. The molecule has 4 nitrogen and oxygen atoms in total. The summed E-state index contributed by atoms with van der Waals surface area (Å²) in [6.45, 7) is 0.887. The number of benzene rings is 2. The second-order valence-corrected chi connectivity index (χ2v) is 6.93. The van der Waals surface area contributed by atoms with Crippen molar-refractivity contribution < 1.29 is 8.42 Å². The standard InChI is InChI=1S/C16H14N2O2S/c17-11-13-5-7-16(8-6-13)21(19,20)18-10-9-14-3-1-2-4-15(14)12-18/h1-8H,9-10,12H2. The van der Waals surface area contributed by atoms with Crippen molar-refractivity contribution in [3.8, 4) is 6.07 Å². The lowest BCUT2D eigenvalue weighted by molar-refractivity contribution is 0.391. The first-order valence-corrected chi connectivity index (χ1v) is 8.12. The molecule has 0 saturated carbocycles. The Labute approximate surface area is 124 Å². The van der Waals surface area contributed by atoms with Gasteiger partial charge in [-0.3, -0.25) is 0 Å². The van der Waals surface area contributed by atoms with Crippen LogP contribution >= 0.6 is 0 Å². The Morgan fingerprint density at radius 3 is 2.33 bits per heavy atom. The molecule has 0 aromatic heterocycles. The summed E-state index contributed by atoms with van der Waals surface area (Å²) in [6, 6.07) is 16.0. The summed E-state index contributed by atoms with van der Waals surface area (Å²) in [4.78, 5) is 0.237. The number of sulfonamides is 1. The number of nitrogens with zero attached hydrogens (tertiary/aromatic N) is 2. The van der Waals surface area contributed by atoms with Gasteiger partial charge in [0.25, 0.3) is 0 Å². The Bertz CT molecular complexity index is 805. The fourth-order valence-electron chi connectivity index (χ4n) is 2.53. The molecule has 1 heterocycles. The first-order valence-electron chi connectivity index (χ1n) is 6.68. The molecule has 5 heteroatoms. The van der Waals surface area contributed by atoms with Crippen molar-refractivity contribution in [1.82, 2.24) is 4.31 Å². The third-order valence-electron chi connectivity index (χ3n) is 3.72. The number of rotatable bonds is 2. The lowest BCUT2D eigenvalue weighted by atomic mass is 10.0. The molecule has 0 aliphatic carbocycles. The predicted molar refractivity (Wildman–Crippen MR) is 78.9 cm³/mol. The highest BCUT2D eigenvalue weighted by molar-refractivity contribution is 7.89. The Morgan fingerprint density at radius 2 is 1.67 bits per heavy atom. The SMILES string of the molecule is N#Cc1ccc(S(=O)(=O)N2CCc3ccccc3C2)cc1. The molecule has 0 saturated heterocycles. The molecule has 0 atom stereocenters. The number of hydrogen-bond acceptors (Lipinski definition) is 3. The van der Waals surface area contributed by atoms with Crippen molar-refractivity contribution in [3.63, 3.8) is 0 Å². The van der Waals surface area contributed by atoms with E-state index >= 15 is 0 Å². The van der Waals surface area contributed by atoms with Crippen LogP contribution in [0.1, 0.15) is 16.7 Å². The van der Waals surface area contributed by atoms with Gasteiger partial charge in [-0.2, -0.15) is 9.57 Å². The van der Waals surface area contributed by atoms with Crippen LogP contribution in [-0.4, -0.2) is 19.3 Å². The van der Waals surface area contributed by atoms with Gasteiger partial charge in [-0.15, -0.1) is 0 Å². The molecule has 0 N–H and O–H groups in total. The highest BCUT2D eigenvalue weighted by Gasteiger charge is 2.27. The van der Waals surface area contributed by atoms with Gasteiger partial charge >= 0.3 is 0 Å². The van der Waals surface area contributed by atoms with Crippen LogP contribution in [0.4, 0.5) is 0 Å². The second-order valence-electron chi connectivity index (χ2n) is 4.99. The fraction of sp³-hybridized carbons (Fsp3) is 0.188. The van der Waals surface area contributed by atoms with Gasteiger partial charge in [0.1, 0.15) is 0 Å². The van der Waals surface area contributed by atoms with Crippen LogP contribution in [0, 0.1) is 11.3 Å². The van der Waals surface area contributed by atoms with E-state index in [1.165, 1.54) is 34.1 Å². The monoisotopic (exact) mass is 298 g/mol. The number of hydrogen-bond donors (Lipinski definition) is 0. The van der Waals surface area contributed by atoms with E-state index in [4.69, 9.17) is 5.26 Å². The van der Waals surface area contributed by atoms with Crippen LogP contribution in [0.2, 0.25) is 0 Å². The minimum atomic E-state index is -3.51. The molecular weight excluding hydrogens is 284 g/mol. The number of nitriles is 1. The van der Waals surface area contributed by atoms with Crippen LogP contribution < -0.4 is 0 Å². The fourth-order valence-corrected chi connectivity index (χ4v) is 3.94. The van der Waals surface area contributed by atoms with E-state index in [9.17, 15) is 8.42 Å². The van der Waals surface area contributed by atoms with Crippen molar-refractivity contribution in [2.24, 2.45) is 0 Å². The first-order chi connectivity index (χ1) is 10.1. The molecule has 3 rings (SSSR count). The molecule has 1 aliphatic heterocycles. The quantitative estimate of drug-likeness (QED) is 0.854. The average Bonchev–Trinajstić information content (AvgIpc) is 2.54. The minimum absolute atomic E-state index is 0.237. The average molecular weight is 298 g/mol. The van der Waals surface area contributed by atoms with Crippen LogP contribution in [-0.2, 0) is 23.0 Å². The lowest BCUT2D eigenvalue weighted by Crippen LogP contribution is -2.35. The van der Waals surface area contributed by atoms with Crippen molar-refractivity contribution in [2.45, 2.75) is 17.9 Å². The largest absolute Gasteiger partial charge is 0.243 e. The maximum Gasteiger partial charge on any atom is 0.243 e. The maximum absolute atomic E-state index is 12.6. The van der Waals surface area contributed by atoms with Gasteiger partial charge in [0, 0.05) is 13.1 Å². The van der Waals surface area contributed by atoms with Gasteiger partial charge in [-0.05, 0) is 41.8 Å². The molecule has 2 aromatic rings. The van der Waals surface area contributed by atoms with E-state index in [0.717, 1.165) is 12.0 Å². The third-order valence-corrected chi connectivity index (χ3v) is 5.58. The lowest BCUT2D eigenvalue weighted by Gasteiger charge is -2.28. The predicted octanol–water partition coefficient (Wildman–Crippen LogP) is 2.31. The van der Waals surface area contributed by atoms with Gasteiger partial charge in [-0.1, -0.05) is 24.3 Å². The minimum Gasteiger partial charge on any atom is -0.207 e.